The number of hydrogen-bond donors (Lipinski definition) is 4. The average molecular weight is 350 g/mol. The molecule has 0 aliphatic carbocycles. The van der Waals surface area contributed by atoms with Crippen molar-refractivity contribution in [2.45, 2.75) is 0 Å². The van der Waals surface area contributed by atoms with Gasteiger partial charge >= 0.3 is 11.4 Å². The van der Waals surface area contributed by atoms with Crippen molar-refractivity contribution in [1.82, 2.24) is 39.9 Å². The molecule has 5 rings (SSSR count). The topological polar surface area (TPSA) is 183 Å². The van der Waals surface area contributed by atoms with Gasteiger partial charge < -0.3 is 0 Å². The van der Waals surface area contributed by atoms with Gasteiger partial charge in [0.25, 0.3) is 11.1 Å². The number of H-pyrrole nitrogens is 4. The number of aromatic amines is 4. The molecule has 0 spiro atoms. The Labute approximate surface area is 139 Å². The zero-order chi connectivity index (χ0) is 18.0. The Kier molecular flexibility index (Phi) is 2.53. The lowest BCUT2D eigenvalue weighted by Crippen LogP contribution is -2.23. The van der Waals surface area contributed by atoms with Crippen LogP contribution in [0.15, 0.2) is 31.3 Å². The monoisotopic (exact) mass is 350 g/mol. The maximum absolute atomic E-state index is 11.9. The van der Waals surface area contributed by atoms with Gasteiger partial charge in [0.15, 0.2) is 22.3 Å². The maximum atomic E-state index is 11.9. The quantitative estimate of drug-likeness (QED) is 0.247. The summed E-state index contributed by atoms with van der Waals surface area (Å²) in [6.07, 6.45) is 0. The normalized spacial score (nSPS) is 11.7. The Hall–Kier alpha value is -4.22. The average Bonchev–Trinajstić information content (AvgIpc) is 2.57. The van der Waals surface area contributed by atoms with E-state index in [4.69, 9.17) is 0 Å². The summed E-state index contributed by atoms with van der Waals surface area (Å²) in [5, 5.41) is 0. The molecule has 0 saturated carbocycles. The number of rotatable bonds is 0. The van der Waals surface area contributed by atoms with Crippen LogP contribution in [0.4, 0.5) is 0 Å². The van der Waals surface area contributed by atoms with Gasteiger partial charge in [-0.3, -0.25) is 29.5 Å². The van der Waals surface area contributed by atoms with E-state index in [1.54, 1.807) is 0 Å². The van der Waals surface area contributed by atoms with Crippen LogP contribution < -0.4 is 22.5 Å². The summed E-state index contributed by atoms with van der Waals surface area (Å²) in [5.41, 5.74) is -1.37. The molecule has 0 amide bonds. The van der Waals surface area contributed by atoms with Gasteiger partial charge in [0.2, 0.25) is 0 Å². The first-order valence-electron chi connectivity index (χ1n) is 7.26. The molecular formula is C14H6N8O4. The van der Waals surface area contributed by atoms with Gasteiger partial charge in [-0.15, -0.1) is 0 Å². The number of aromatic nitrogens is 8. The minimum absolute atomic E-state index is 0.0292. The van der Waals surface area contributed by atoms with Gasteiger partial charge in [0, 0.05) is 0 Å². The summed E-state index contributed by atoms with van der Waals surface area (Å²) in [5.74, 6) is 0. The van der Waals surface area contributed by atoms with Crippen LogP contribution in [0.3, 0.4) is 0 Å². The zero-order valence-corrected chi connectivity index (χ0v) is 12.6. The SMILES string of the molecule is O=c1[nH]c(=O)c2nc3cc4nc5[nH]c(=O)[nH]c(=O)c5nc4cc3nc2[nH]1. The first-order valence-corrected chi connectivity index (χ1v) is 7.26. The van der Waals surface area contributed by atoms with Gasteiger partial charge in [0.05, 0.1) is 22.1 Å². The van der Waals surface area contributed by atoms with Crippen LogP contribution in [0, 0.1) is 0 Å². The predicted octanol–water partition coefficient (Wildman–Crippen LogP) is -1.37. The molecule has 12 heteroatoms. The molecule has 0 fully saturated rings. The lowest BCUT2D eigenvalue weighted by molar-refractivity contribution is 1.05. The second kappa shape index (κ2) is 4.66. The third-order valence-corrected chi connectivity index (χ3v) is 3.80. The van der Waals surface area contributed by atoms with Crippen molar-refractivity contribution in [1.29, 1.82) is 0 Å². The van der Waals surface area contributed by atoms with E-state index >= 15 is 0 Å². The fourth-order valence-corrected chi connectivity index (χ4v) is 2.70. The lowest BCUT2D eigenvalue weighted by Gasteiger charge is -2.03. The van der Waals surface area contributed by atoms with E-state index < -0.39 is 22.5 Å². The molecule has 0 aliphatic rings. The highest BCUT2D eigenvalue weighted by atomic mass is 16.2. The van der Waals surface area contributed by atoms with Crippen molar-refractivity contribution in [2.75, 3.05) is 0 Å². The lowest BCUT2D eigenvalue weighted by atomic mass is 10.2. The second-order valence-electron chi connectivity index (χ2n) is 5.49. The van der Waals surface area contributed by atoms with E-state index in [1.165, 1.54) is 12.1 Å². The Morgan fingerprint density at radius 2 is 0.923 bits per heavy atom. The smallest absolute Gasteiger partial charge is 0.290 e. The summed E-state index contributed by atoms with van der Waals surface area (Å²) in [4.78, 5) is 72.3. The predicted molar refractivity (Wildman–Crippen MR) is 90.1 cm³/mol. The molecular weight excluding hydrogens is 344 g/mol. The Bertz CT molecular complexity index is 1500. The van der Waals surface area contributed by atoms with E-state index in [-0.39, 0.29) is 22.3 Å². The van der Waals surface area contributed by atoms with Crippen LogP contribution in [0.1, 0.15) is 0 Å². The van der Waals surface area contributed by atoms with Crippen LogP contribution in [0.25, 0.3) is 44.4 Å². The Morgan fingerprint density at radius 3 is 1.35 bits per heavy atom. The van der Waals surface area contributed by atoms with Gasteiger partial charge in [-0.25, -0.2) is 29.5 Å². The van der Waals surface area contributed by atoms with Gasteiger partial charge in [-0.1, -0.05) is 0 Å². The fraction of sp³-hybridized carbons (Fsp3) is 0. The maximum Gasteiger partial charge on any atom is 0.327 e. The molecule has 4 heterocycles. The Morgan fingerprint density at radius 1 is 0.538 bits per heavy atom. The molecule has 12 nitrogen and oxygen atoms in total. The van der Waals surface area contributed by atoms with E-state index in [9.17, 15) is 19.2 Å². The second-order valence-corrected chi connectivity index (χ2v) is 5.49. The highest BCUT2D eigenvalue weighted by molar-refractivity contribution is 5.95. The number of benzene rings is 1. The van der Waals surface area contributed by atoms with E-state index in [2.05, 4.69) is 39.9 Å². The van der Waals surface area contributed by atoms with Crippen LogP contribution >= 0.6 is 0 Å². The molecule has 0 aliphatic heterocycles. The summed E-state index contributed by atoms with van der Waals surface area (Å²) >= 11 is 0. The molecule has 0 bridgehead atoms. The van der Waals surface area contributed by atoms with Crippen LogP contribution in [-0.4, -0.2) is 39.9 Å². The van der Waals surface area contributed by atoms with Crippen molar-refractivity contribution in [2.24, 2.45) is 0 Å². The first kappa shape index (κ1) is 14.2. The molecule has 1 aromatic carbocycles. The van der Waals surface area contributed by atoms with Gasteiger partial charge in [-0.05, 0) is 12.1 Å². The summed E-state index contributed by atoms with van der Waals surface area (Å²) in [7, 11) is 0. The van der Waals surface area contributed by atoms with Crippen molar-refractivity contribution in [3.05, 3.63) is 53.8 Å². The molecule has 0 radical (unpaired) electrons. The van der Waals surface area contributed by atoms with Crippen molar-refractivity contribution in [3.63, 3.8) is 0 Å². The number of nitrogens with one attached hydrogen (secondary N) is 4. The van der Waals surface area contributed by atoms with Gasteiger partial charge in [0.1, 0.15) is 0 Å². The third-order valence-electron chi connectivity index (χ3n) is 3.80. The highest BCUT2D eigenvalue weighted by Gasteiger charge is 2.11. The zero-order valence-electron chi connectivity index (χ0n) is 12.6. The molecule has 0 unspecified atom stereocenters. The van der Waals surface area contributed by atoms with E-state index in [0.717, 1.165) is 0 Å². The molecule has 4 aromatic heterocycles. The van der Waals surface area contributed by atoms with Gasteiger partial charge in [-0.2, -0.15) is 0 Å². The van der Waals surface area contributed by atoms with Crippen molar-refractivity contribution in [3.8, 4) is 0 Å². The summed E-state index contributed by atoms with van der Waals surface area (Å²) < 4.78 is 0. The number of hydrogen-bond acceptors (Lipinski definition) is 8. The minimum Gasteiger partial charge on any atom is -0.290 e. The number of fused-ring (bicyclic) bond motifs is 4. The summed E-state index contributed by atoms with van der Waals surface area (Å²) in [6, 6.07) is 3.04. The fourth-order valence-electron chi connectivity index (χ4n) is 2.70. The third kappa shape index (κ3) is 1.95. The molecule has 0 saturated heterocycles. The molecule has 126 valence electrons. The molecule has 26 heavy (non-hydrogen) atoms. The highest BCUT2D eigenvalue weighted by Crippen LogP contribution is 2.19. The van der Waals surface area contributed by atoms with Crippen LogP contribution in [0.2, 0.25) is 0 Å². The van der Waals surface area contributed by atoms with Crippen LogP contribution in [-0.2, 0) is 0 Å². The summed E-state index contributed by atoms with van der Waals surface area (Å²) in [6.45, 7) is 0. The first-order chi connectivity index (χ1) is 12.5. The Balaban J connectivity index is 1.96. The van der Waals surface area contributed by atoms with Crippen molar-refractivity contribution >= 4 is 44.4 Å². The van der Waals surface area contributed by atoms with Crippen LogP contribution in [0.5, 0.6) is 0 Å². The molecule has 5 aromatic rings. The van der Waals surface area contributed by atoms with E-state index in [0.29, 0.717) is 22.1 Å². The van der Waals surface area contributed by atoms with E-state index in [1.807, 2.05) is 0 Å². The standard InChI is InChI=1S/C14H6N8O4/c23-11-7-10(20-14(26)21-11)18-6-2-4-5(1-3(6)15-7)17-9-8(16-4)12(24)22-13(25)19-9/h1-2H,(H2,17,19,22,24,25)(H2,18,20,21,23,26). The largest absolute Gasteiger partial charge is 0.327 e. The minimum atomic E-state index is -0.696. The number of nitrogens with zero attached hydrogens (tertiary/aromatic N) is 4. The molecule has 0 atom stereocenters. The molecule has 4 N–H and O–H groups in total. The van der Waals surface area contributed by atoms with Crippen molar-refractivity contribution < 1.29 is 0 Å².